The zero-order chi connectivity index (χ0) is 7.84. The van der Waals surface area contributed by atoms with Crippen molar-refractivity contribution in [2.24, 2.45) is 0 Å². The fourth-order valence-electron chi connectivity index (χ4n) is 0.962. The van der Waals surface area contributed by atoms with Crippen LogP contribution in [0.3, 0.4) is 0 Å². The van der Waals surface area contributed by atoms with Crippen molar-refractivity contribution < 1.29 is 9.47 Å². The van der Waals surface area contributed by atoms with Gasteiger partial charge in [-0.1, -0.05) is 0 Å². The fraction of sp³-hybridized carbons (Fsp3) is 0.429. The van der Waals surface area contributed by atoms with Gasteiger partial charge in [0, 0.05) is 10.9 Å². The predicted octanol–water partition coefficient (Wildman–Crippen LogP) is 2.90. The van der Waals surface area contributed by atoms with E-state index >= 15 is 0 Å². The minimum Gasteiger partial charge on any atom is -0.320 e. The standard InChI is InChI=1S/C7H7BrO2S/c1-4-9-7(10-4)5-2-6(8)11-3-5/h2-4,7H,1H3. The van der Waals surface area contributed by atoms with Gasteiger partial charge >= 0.3 is 0 Å². The molecule has 0 N–H and O–H groups in total. The summed E-state index contributed by atoms with van der Waals surface area (Å²) in [6.07, 6.45) is -0.175. The number of ether oxygens (including phenoxy) is 2. The maximum absolute atomic E-state index is 5.30. The average Bonchev–Trinajstić information content (AvgIpc) is 2.29. The van der Waals surface area contributed by atoms with Crippen molar-refractivity contribution in [3.63, 3.8) is 0 Å². The van der Waals surface area contributed by atoms with Gasteiger partial charge in [0.1, 0.15) is 0 Å². The van der Waals surface area contributed by atoms with E-state index in [0.717, 1.165) is 9.35 Å². The van der Waals surface area contributed by atoms with E-state index in [4.69, 9.17) is 9.47 Å². The molecule has 0 unspecified atom stereocenters. The summed E-state index contributed by atoms with van der Waals surface area (Å²) in [4.78, 5) is 0. The molecule has 1 aliphatic heterocycles. The van der Waals surface area contributed by atoms with Gasteiger partial charge in [-0.3, -0.25) is 0 Å². The SMILES string of the molecule is CC1OC(c2csc(Br)c2)O1. The smallest absolute Gasteiger partial charge is 0.190 e. The number of rotatable bonds is 1. The summed E-state index contributed by atoms with van der Waals surface area (Å²) in [5.41, 5.74) is 1.10. The van der Waals surface area contributed by atoms with Crippen molar-refractivity contribution in [2.45, 2.75) is 19.5 Å². The first-order chi connectivity index (χ1) is 5.25. The first-order valence-electron chi connectivity index (χ1n) is 3.30. The molecule has 1 aromatic rings. The molecule has 0 aliphatic carbocycles. The quantitative estimate of drug-likeness (QED) is 0.745. The first-order valence-corrected chi connectivity index (χ1v) is 4.98. The minimum absolute atomic E-state index is 0.0429. The number of halogens is 1. The Morgan fingerprint density at radius 3 is 2.73 bits per heavy atom. The van der Waals surface area contributed by atoms with Gasteiger partial charge in [0.25, 0.3) is 0 Å². The Kier molecular flexibility index (Phi) is 2.01. The van der Waals surface area contributed by atoms with E-state index in [1.54, 1.807) is 11.3 Å². The van der Waals surface area contributed by atoms with Gasteiger partial charge in [0.2, 0.25) is 0 Å². The maximum atomic E-state index is 5.30. The highest BCUT2D eigenvalue weighted by Crippen LogP contribution is 2.35. The zero-order valence-corrected chi connectivity index (χ0v) is 8.31. The van der Waals surface area contributed by atoms with E-state index < -0.39 is 0 Å². The molecule has 1 aromatic heterocycles. The summed E-state index contributed by atoms with van der Waals surface area (Å²) >= 11 is 5.02. The molecule has 0 radical (unpaired) electrons. The first kappa shape index (κ1) is 7.73. The second kappa shape index (κ2) is 2.86. The average molecular weight is 235 g/mol. The molecule has 0 amide bonds. The molecular formula is C7H7BrO2S. The molecule has 1 aliphatic rings. The molecule has 0 aromatic carbocycles. The van der Waals surface area contributed by atoms with Crippen LogP contribution in [0.2, 0.25) is 0 Å². The van der Waals surface area contributed by atoms with Crippen LogP contribution in [0.15, 0.2) is 15.2 Å². The minimum atomic E-state index is -0.132. The Balaban J connectivity index is 2.07. The molecule has 60 valence electrons. The lowest BCUT2D eigenvalue weighted by atomic mass is 10.3. The molecular weight excluding hydrogens is 228 g/mol. The lowest BCUT2D eigenvalue weighted by molar-refractivity contribution is -0.382. The van der Waals surface area contributed by atoms with Crippen LogP contribution >= 0.6 is 27.3 Å². The lowest BCUT2D eigenvalue weighted by Crippen LogP contribution is -2.31. The molecule has 0 saturated carbocycles. The number of thiophene rings is 1. The summed E-state index contributed by atoms with van der Waals surface area (Å²) in [6.45, 7) is 1.89. The highest BCUT2D eigenvalue weighted by molar-refractivity contribution is 9.11. The van der Waals surface area contributed by atoms with Crippen molar-refractivity contribution in [1.82, 2.24) is 0 Å². The van der Waals surface area contributed by atoms with Crippen LogP contribution in [0.25, 0.3) is 0 Å². The predicted molar refractivity (Wildman–Crippen MR) is 46.4 cm³/mol. The molecule has 2 rings (SSSR count). The molecule has 2 heterocycles. The summed E-state index contributed by atoms with van der Waals surface area (Å²) in [7, 11) is 0. The van der Waals surface area contributed by atoms with Crippen molar-refractivity contribution in [2.75, 3.05) is 0 Å². The third-order valence-electron chi connectivity index (χ3n) is 1.49. The Labute approximate surface area is 77.3 Å². The monoisotopic (exact) mass is 234 g/mol. The van der Waals surface area contributed by atoms with Crippen molar-refractivity contribution >= 4 is 27.3 Å². The second-order valence-electron chi connectivity index (χ2n) is 2.36. The van der Waals surface area contributed by atoms with Crippen LogP contribution in [0.1, 0.15) is 18.8 Å². The number of hydrogen-bond acceptors (Lipinski definition) is 3. The molecule has 4 heteroatoms. The van der Waals surface area contributed by atoms with Gasteiger partial charge in [-0.2, -0.15) is 0 Å². The highest BCUT2D eigenvalue weighted by Gasteiger charge is 2.28. The zero-order valence-electron chi connectivity index (χ0n) is 5.91. The summed E-state index contributed by atoms with van der Waals surface area (Å²) in [5.74, 6) is 0. The van der Waals surface area contributed by atoms with Crippen LogP contribution in [-0.2, 0) is 9.47 Å². The normalized spacial score (nSPS) is 30.0. The number of hydrogen-bond donors (Lipinski definition) is 0. The van der Waals surface area contributed by atoms with E-state index in [1.165, 1.54) is 0 Å². The molecule has 0 atom stereocenters. The largest absolute Gasteiger partial charge is 0.320 e. The van der Waals surface area contributed by atoms with Gasteiger partial charge in [-0.05, 0) is 28.9 Å². The van der Waals surface area contributed by atoms with E-state index in [1.807, 2.05) is 18.4 Å². The van der Waals surface area contributed by atoms with Crippen molar-refractivity contribution in [3.8, 4) is 0 Å². The van der Waals surface area contributed by atoms with Gasteiger partial charge in [0.15, 0.2) is 12.6 Å². The Hall–Kier alpha value is 0.1000. The fourth-order valence-corrected chi connectivity index (χ4v) is 2.14. The van der Waals surface area contributed by atoms with Crippen LogP contribution in [0.4, 0.5) is 0 Å². The second-order valence-corrected chi connectivity index (χ2v) is 4.65. The van der Waals surface area contributed by atoms with Crippen molar-refractivity contribution in [3.05, 3.63) is 20.8 Å². The molecule has 0 spiro atoms. The van der Waals surface area contributed by atoms with E-state index in [-0.39, 0.29) is 12.6 Å². The van der Waals surface area contributed by atoms with E-state index in [9.17, 15) is 0 Å². The maximum Gasteiger partial charge on any atom is 0.190 e. The molecule has 1 fully saturated rings. The van der Waals surface area contributed by atoms with E-state index in [0.29, 0.717) is 0 Å². The Morgan fingerprint density at radius 1 is 1.55 bits per heavy atom. The molecule has 11 heavy (non-hydrogen) atoms. The van der Waals surface area contributed by atoms with Gasteiger partial charge in [0.05, 0.1) is 3.79 Å². The van der Waals surface area contributed by atoms with Gasteiger partial charge < -0.3 is 9.47 Å². The summed E-state index contributed by atoms with van der Waals surface area (Å²) in [5, 5.41) is 2.03. The van der Waals surface area contributed by atoms with Crippen molar-refractivity contribution in [1.29, 1.82) is 0 Å². The summed E-state index contributed by atoms with van der Waals surface area (Å²) in [6, 6.07) is 2.02. The molecule has 0 bridgehead atoms. The van der Waals surface area contributed by atoms with Gasteiger partial charge in [-0.25, -0.2) is 0 Å². The highest BCUT2D eigenvalue weighted by atomic mass is 79.9. The topological polar surface area (TPSA) is 18.5 Å². The third kappa shape index (κ3) is 1.49. The molecule has 1 saturated heterocycles. The van der Waals surface area contributed by atoms with Crippen LogP contribution < -0.4 is 0 Å². The van der Waals surface area contributed by atoms with Gasteiger partial charge in [-0.15, -0.1) is 11.3 Å². The third-order valence-corrected chi connectivity index (χ3v) is 3.01. The van der Waals surface area contributed by atoms with E-state index in [2.05, 4.69) is 15.9 Å². The Bertz CT molecular complexity index is 255. The molecule has 2 nitrogen and oxygen atoms in total. The summed E-state index contributed by atoms with van der Waals surface area (Å²) < 4.78 is 11.7. The van der Waals surface area contributed by atoms with Crippen LogP contribution in [0, 0.1) is 0 Å². The Morgan fingerprint density at radius 2 is 2.27 bits per heavy atom. The van der Waals surface area contributed by atoms with Crippen LogP contribution in [0.5, 0.6) is 0 Å². The lowest BCUT2D eigenvalue weighted by Gasteiger charge is -2.33. The van der Waals surface area contributed by atoms with Crippen LogP contribution in [-0.4, -0.2) is 6.29 Å².